The standard InChI is InChI=1S/C16H16FN3O4/c1-9-18-19-15(23-9)14-8-20(4-5-22-14)16(21)13-7-10-6-11(17)2-3-12(10)24-13/h2-3,6,13-14H,4-5,7-8H2,1H3/t13-,14-/m0/s1. The van der Waals surface area contributed by atoms with E-state index >= 15 is 0 Å². The molecule has 0 saturated carbocycles. The van der Waals surface area contributed by atoms with Crippen molar-refractivity contribution in [1.82, 2.24) is 15.1 Å². The van der Waals surface area contributed by atoms with E-state index in [-0.39, 0.29) is 11.7 Å². The highest BCUT2D eigenvalue weighted by Gasteiger charge is 2.36. The molecule has 2 atom stereocenters. The monoisotopic (exact) mass is 333 g/mol. The lowest BCUT2D eigenvalue weighted by molar-refractivity contribution is -0.146. The van der Waals surface area contributed by atoms with Gasteiger partial charge in [0, 0.05) is 25.5 Å². The summed E-state index contributed by atoms with van der Waals surface area (Å²) in [5, 5.41) is 7.73. The lowest BCUT2D eigenvalue weighted by atomic mass is 10.1. The van der Waals surface area contributed by atoms with Gasteiger partial charge in [-0.3, -0.25) is 4.79 Å². The summed E-state index contributed by atoms with van der Waals surface area (Å²) in [5.74, 6) is 0.906. The van der Waals surface area contributed by atoms with Crippen molar-refractivity contribution in [3.63, 3.8) is 0 Å². The molecule has 2 aromatic rings. The molecule has 4 rings (SSSR count). The van der Waals surface area contributed by atoms with E-state index in [1.807, 2.05) is 0 Å². The fourth-order valence-electron chi connectivity index (χ4n) is 3.00. The van der Waals surface area contributed by atoms with Crippen LogP contribution in [-0.4, -0.2) is 46.8 Å². The Hall–Kier alpha value is -2.48. The molecule has 3 heterocycles. The van der Waals surface area contributed by atoms with Crippen molar-refractivity contribution in [2.45, 2.75) is 25.6 Å². The van der Waals surface area contributed by atoms with E-state index in [4.69, 9.17) is 13.9 Å². The molecule has 1 aromatic carbocycles. The highest BCUT2D eigenvalue weighted by Crippen LogP contribution is 2.31. The van der Waals surface area contributed by atoms with Gasteiger partial charge in [-0.2, -0.15) is 0 Å². The van der Waals surface area contributed by atoms with Crippen molar-refractivity contribution in [2.75, 3.05) is 19.7 Å². The molecule has 0 spiro atoms. The van der Waals surface area contributed by atoms with Gasteiger partial charge in [0.05, 0.1) is 13.2 Å². The van der Waals surface area contributed by atoms with Crippen LogP contribution in [0.3, 0.4) is 0 Å². The van der Waals surface area contributed by atoms with E-state index in [1.165, 1.54) is 12.1 Å². The number of aromatic nitrogens is 2. The lowest BCUT2D eigenvalue weighted by Gasteiger charge is -2.32. The fourth-order valence-corrected chi connectivity index (χ4v) is 3.00. The average Bonchev–Trinajstić information content (AvgIpc) is 3.20. The maximum absolute atomic E-state index is 13.3. The first-order chi connectivity index (χ1) is 11.6. The van der Waals surface area contributed by atoms with Gasteiger partial charge in [-0.05, 0) is 18.2 Å². The minimum absolute atomic E-state index is 0.142. The van der Waals surface area contributed by atoms with Gasteiger partial charge < -0.3 is 18.8 Å². The topological polar surface area (TPSA) is 77.7 Å². The van der Waals surface area contributed by atoms with Crippen LogP contribution in [0, 0.1) is 12.7 Å². The zero-order valence-corrected chi connectivity index (χ0v) is 13.1. The van der Waals surface area contributed by atoms with Crippen molar-refractivity contribution in [3.8, 4) is 5.75 Å². The van der Waals surface area contributed by atoms with Crippen molar-refractivity contribution in [3.05, 3.63) is 41.4 Å². The number of hydrogen-bond donors (Lipinski definition) is 0. The molecule has 2 aliphatic heterocycles. The zero-order chi connectivity index (χ0) is 16.7. The third-order valence-corrected chi connectivity index (χ3v) is 4.17. The molecule has 126 valence electrons. The van der Waals surface area contributed by atoms with E-state index in [9.17, 15) is 9.18 Å². The quantitative estimate of drug-likeness (QED) is 0.827. The average molecular weight is 333 g/mol. The van der Waals surface area contributed by atoms with E-state index < -0.39 is 12.2 Å². The van der Waals surface area contributed by atoms with Gasteiger partial charge in [-0.1, -0.05) is 0 Å². The Morgan fingerprint density at radius 3 is 3.04 bits per heavy atom. The first-order valence-corrected chi connectivity index (χ1v) is 7.75. The summed E-state index contributed by atoms with van der Waals surface area (Å²) in [6.45, 7) is 2.87. The summed E-state index contributed by atoms with van der Waals surface area (Å²) in [4.78, 5) is 14.4. The number of morpholine rings is 1. The van der Waals surface area contributed by atoms with Gasteiger partial charge in [0.25, 0.3) is 5.91 Å². The first kappa shape index (κ1) is 15.1. The van der Waals surface area contributed by atoms with Gasteiger partial charge in [0.1, 0.15) is 11.6 Å². The predicted octanol–water partition coefficient (Wildman–Crippen LogP) is 1.42. The Morgan fingerprint density at radius 2 is 2.25 bits per heavy atom. The summed E-state index contributed by atoms with van der Waals surface area (Å²) in [7, 11) is 0. The molecule has 8 heteroatoms. The molecule has 0 N–H and O–H groups in total. The normalized spacial score (nSPS) is 23.0. The van der Waals surface area contributed by atoms with Crippen LogP contribution in [0.2, 0.25) is 0 Å². The fraction of sp³-hybridized carbons (Fsp3) is 0.438. The summed E-state index contributed by atoms with van der Waals surface area (Å²) in [5.41, 5.74) is 0.714. The second kappa shape index (κ2) is 5.86. The molecule has 0 radical (unpaired) electrons. The largest absolute Gasteiger partial charge is 0.480 e. The first-order valence-electron chi connectivity index (χ1n) is 7.75. The molecule has 24 heavy (non-hydrogen) atoms. The molecular formula is C16H16FN3O4. The Balaban J connectivity index is 1.45. The molecule has 7 nitrogen and oxygen atoms in total. The number of ether oxygens (including phenoxy) is 2. The summed E-state index contributed by atoms with van der Waals surface area (Å²) in [6, 6.07) is 4.29. The number of rotatable bonds is 2. The van der Waals surface area contributed by atoms with Crippen LogP contribution in [0.15, 0.2) is 22.6 Å². The molecule has 0 aliphatic carbocycles. The second-order valence-corrected chi connectivity index (χ2v) is 5.87. The van der Waals surface area contributed by atoms with Gasteiger partial charge in [0.2, 0.25) is 11.8 Å². The van der Waals surface area contributed by atoms with Crippen LogP contribution in [0.1, 0.15) is 23.4 Å². The van der Waals surface area contributed by atoms with Crippen LogP contribution < -0.4 is 4.74 Å². The maximum atomic E-state index is 13.3. The third-order valence-electron chi connectivity index (χ3n) is 4.17. The zero-order valence-electron chi connectivity index (χ0n) is 13.1. The van der Waals surface area contributed by atoms with Crippen LogP contribution in [-0.2, 0) is 16.0 Å². The van der Waals surface area contributed by atoms with Gasteiger partial charge in [0.15, 0.2) is 12.2 Å². The highest BCUT2D eigenvalue weighted by molar-refractivity contribution is 5.82. The Kier molecular flexibility index (Phi) is 3.68. The minimum atomic E-state index is -0.634. The van der Waals surface area contributed by atoms with Gasteiger partial charge >= 0.3 is 0 Å². The summed E-state index contributed by atoms with van der Waals surface area (Å²) < 4.78 is 30.0. The smallest absolute Gasteiger partial charge is 0.264 e. The van der Waals surface area contributed by atoms with Crippen molar-refractivity contribution in [1.29, 1.82) is 0 Å². The summed E-state index contributed by atoms with van der Waals surface area (Å²) in [6.07, 6.45) is -0.705. The molecule has 0 bridgehead atoms. The van der Waals surface area contributed by atoms with Crippen LogP contribution >= 0.6 is 0 Å². The molecule has 1 aromatic heterocycles. The third kappa shape index (κ3) is 2.73. The number of halogens is 1. The minimum Gasteiger partial charge on any atom is -0.480 e. The van der Waals surface area contributed by atoms with E-state index in [1.54, 1.807) is 17.9 Å². The van der Waals surface area contributed by atoms with E-state index in [0.717, 1.165) is 0 Å². The van der Waals surface area contributed by atoms with Crippen LogP contribution in [0.5, 0.6) is 5.75 Å². The Morgan fingerprint density at radius 1 is 1.38 bits per heavy atom. The number of benzene rings is 1. The number of aryl methyl sites for hydroxylation is 1. The number of carbonyl (C=O) groups is 1. The van der Waals surface area contributed by atoms with Gasteiger partial charge in [-0.25, -0.2) is 4.39 Å². The molecular weight excluding hydrogens is 317 g/mol. The van der Waals surface area contributed by atoms with E-state index in [0.29, 0.717) is 49.2 Å². The molecule has 2 aliphatic rings. The summed E-state index contributed by atoms with van der Waals surface area (Å²) >= 11 is 0. The van der Waals surface area contributed by atoms with Crippen molar-refractivity contribution < 1.29 is 23.1 Å². The second-order valence-electron chi connectivity index (χ2n) is 5.87. The Labute approximate surface area is 137 Å². The number of amides is 1. The van der Waals surface area contributed by atoms with Gasteiger partial charge in [-0.15, -0.1) is 10.2 Å². The lowest BCUT2D eigenvalue weighted by Crippen LogP contribution is -2.48. The highest BCUT2D eigenvalue weighted by atomic mass is 19.1. The number of carbonyl (C=O) groups excluding carboxylic acids is 1. The predicted molar refractivity (Wildman–Crippen MR) is 78.8 cm³/mol. The molecule has 1 saturated heterocycles. The van der Waals surface area contributed by atoms with Crippen molar-refractivity contribution >= 4 is 5.91 Å². The molecule has 0 unspecified atom stereocenters. The Bertz CT molecular complexity index is 778. The van der Waals surface area contributed by atoms with Crippen molar-refractivity contribution in [2.24, 2.45) is 0 Å². The maximum Gasteiger partial charge on any atom is 0.264 e. The number of nitrogens with zero attached hydrogens (tertiary/aromatic N) is 3. The number of hydrogen-bond acceptors (Lipinski definition) is 6. The SMILES string of the molecule is Cc1nnc([C@@H]2CN(C(=O)[C@@H]3Cc4cc(F)ccc4O3)CCO2)o1. The number of fused-ring (bicyclic) bond motifs is 1. The van der Waals surface area contributed by atoms with Crippen LogP contribution in [0.4, 0.5) is 4.39 Å². The van der Waals surface area contributed by atoms with E-state index in [2.05, 4.69) is 10.2 Å². The molecule has 1 fully saturated rings. The van der Waals surface area contributed by atoms with Crippen LogP contribution in [0.25, 0.3) is 0 Å². The molecule has 1 amide bonds.